The standard InChI is InChI=1S/C12H20O4Si/c1-13-17(14-2,15-3)5-4-10-6-9-7-11-12(10,8-9)16-11/h7,10-11H,4-6,8H2,1-3H3. The van der Waals surface area contributed by atoms with Crippen molar-refractivity contribution >= 4 is 8.80 Å². The van der Waals surface area contributed by atoms with Gasteiger partial charge in [-0.05, 0) is 18.8 Å². The van der Waals surface area contributed by atoms with Crippen LogP contribution >= 0.6 is 0 Å². The van der Waals surface area contributed by atoms with Gasteiger partial charge >= 0.3 is 8.80 Å². The molecule has 1 aliphatic heterocycles. The van der Waals surface area contributed by atoms with E-state index in [2.05, 4.69) is 6.08 Å². The highest BCUT2D eigenvalue weighted by atomic mass is 28.4. The molecule has 17 heavy (non-hydrogen) atoms. The summed E-state index contributed by atoms with van der Waals surface area (Å²) in [5, 5.41) is 0. The van der Waals surface area contributed by atoms with Crippen molar-refractivity contribution in [1.82, 2.24) is 0 Å². The number of hydrogen-bond donors (Lipinski definition) is 0. The zero-order valence-corrected chi connectivity index (χ0v) is 11.7. The Kier molecular flexibility index (Phi) is 2.72. The van der Waals surface area contributed by atoms with Crippen LogP contribution in [-0.2, 0) is 18.0 Å². The summed E-state index contributed by atoms with van der Waals surface area (Å²) in [6.45, 7) is 0. The highest BCUT2D eigenvalue weighted by Gasteiger charge is 2.67. The van der Waals surface area contributed by atoms with Crippen LogP contribution in [0.2, 0.25) is 6.04 Å². The minimum Gasteiger partial charge on any atom is -0.377 e. The van der Waals surface area contributed by atoms with Crippen molar-refractivity contribution in [1.29, 1.82) is 0 Å². The molecule has 3 atom stereocenters. The van der Waals surface area contributed by atoms with Gasteiger partial charge in [0.05, 0.1) is 0 Å². The van der Waals surface area contributed by atoms with Gasteiger partial charge in [-0.25, -0.2) is 0 Å². The molecule has 3 rings (SSSR count). The van der Waals surface area contributed by atoms with E-state index in [9.17, 15) is 0 Å². The Balaban J connectivity index is 1.60. The second-order valence-corrected chi connectivity index (χ2v) is 8.32. The van der Waals surface area contributed by atoms with Gasteiger partial charge in [0.25, 0.3) is 0 Å². The van der Waals surface area contributed by atoms with Crippen LogP contribution in [0, 0.1) is 5.92 Å². The van der Waals surface area contributed by atoms with Gasteiger partial charge in [-0.1, -0.05) is 11.6 Å². The molecule has 3 unspecified atom stereocenters. The minimum absolute atomic E-state index is 0.171. The van der Waals surface area contributed by atoms with Crippen LogP contribution in [0.5, 0.6) is 0 Å². The summed E-state index contributed by atoms with van der Waals surface area (Å²) < 4.78 is 22.2. The van der Waals surface area contributed by atoms with Crippen molar-refractivity contribution in [2.45, 2.75) is 37.0 Å². The summed E-state index contributed by atoms with van der Waals surface area (Å²) in [5.41, 5.74) is 1.76. The average Bonchev–Trinajstić information content (AvgIpc) is 2.81. The SMILES string of the molecule is CO[Si](CCC1CC2=CC3OC13C2)(OC)OC. The van der Waals surface area contributed by atoms with Crippen molar-refractivity contribution < 1.29 is 18.0 Å². The van der Waals surface area contributed by atoms with Crippen LogP contribution in [0.15, 0.2) is 11.6 Å². The maximum Gasteiger partial charge on any atom is 0.500 e. The van der Waals surface area contributed by atoms with E-state index in [0.717, 1.165) is 18.9 Å². The molecule has 4 nitrogen and oxygen atoms in total. The molecule has 5 heteroatoms. The Morgan fingerprint density at radius 2 is 2.06 bits per heavy atom. The van der Waals surface area contributed by atoms with E-state index in [4.69, 9.17) is 18.0 Å². The molecule has 0 radical (unpaired) electrons. The van der Waals surface area contributed by atoms with Gasteiger partial charge in [0.15, 0.2) is 0 Å². The summed E-state index contributed by atoms with van der Waals surface area (Å²) in [5.74, 6) is 0.639. The molecule has 1 saturated heterocycles. The van der Waals surface area contributed by atoms with Crippen LogP contribution < -0.4 is 0 Å². The van der Waals surface area contributed by atoms with Gasteiger partial charge in [-0.15, -0.1) is 0 Å². The second kappa shape index (κ2) is 3.90. The normalized spacial score (nSPS) is 38.2. The zero-order chi connectivity index (χ0) is 12.1. The molecule has 0 N–H and O–H groups in total. The molecule has 3 aliphatic rings. The molecule has 1 heterocycles. The second-order valence-electron chi connectivity index (χ2n) is 5.23. The number of hydrogen-bond acceptors (Lipinski definition) is 4. The summed E-state index contributed by atoms with van der Waals surface area (Å²) in [7, 11) is 2.63. The lowest BCUT2D eigenvalue weighted by atomic mass is 9.89. The first kappa shape index (κ1) is 11.9. The van der Waals surface area contributed by atoms with Gasteiger partial charge in [0, 0.05) is 33.8 Å². The predicted octanol–water partition coefficient (Wildman–Crippen LogP) is 1.74. The zero-order valence-electron chi connectivity index (χ0n) is 10.7. The van der Waals surface area contributed by atoms with Crippen molar-refractivity contribution in [2.24, 2.45) is 5.92 Å². The van der Waals surface area contributed by atoms with Crippen molar-refractivity contribution in [2.75, 3.05) is 21.3 Å². The van der Waals surface area contributed by atoms with E-state index < -0.39 is 8.80 Å². The molecule has 0 aromatic heterocycles. The highest BCUT2D eigenvalue weighted by molar-refractivity contribution is 6.60. The highest BCUT2D eigenvalue weighted by Crippen LogP contribution is 2.62. The number of epoxide rings is 1. The molecule has 0 aromatic rings. The third-order valence-corrected chi connectivity index (χ3v) is 7.36. The van der Waals surface area contributed by atoms with Gasteiger partial charge in [-0.3, -0.25) is 0 Å². The third kappa shape index (κ3) is 1.64. The van der Waals surface area contributed by atoms with Gasteiger partial charge in [0.2, 0.25) is 0 Å². The number of rotatable bonds is 6. The van der Waals surface area contributed by atoms with E-state index in [1.807, 2.05) is 0 Å². The number of ether oxygens (including phenoxy) is 1. The summed E-state index contributed by atoms with van der Waals surface area (Å²) in [4.78, 5) is 0. The summed E-state index contributed by atoms with van der Waals surface area (Å²) >= 11 is 0. The lowest BCUT2D eigenvalue weighted by Crippen LogP contribution is -2.43. The predicted molar refractivity (Wildman–Crippen MR) is 64.6 cm³/mol. The van der Waals surface area contributed by atoms with Crippen LogP contribution in [0.4, 0.5) is 0 Å². The average molecular weight is 256 g/mol. The quantitative estimate of drug-likeness (QED) is 0.412. The van der Waals surface area contributed by atoms with Crippen molar-refractivity contribution in [3.63, 3.8) is 0 Å². The van der Waals surface area contributed by atoms with Gasteiger partial charge < -0.3 is 18.0 Å². The van der Waals surface area contributed by atoms with Gasteiger partial charge in [0.1, 0.15) is 11.7 Å². The first-order valence-corrected chi connectivity index (χ1v) is 8.14. The van der Waals surface area contributed by atoms with E-state index in [-0.39, 0.29) is 5.60 Å². The fourth-order valence-electron chi connectivity index (χ4n) is 3.50. The first-order valence-electron chi connectivity index (χ1n) is 6.21. The summed E-state index contributed by atoms with van der Waals surface area (Å²) in [6.07, 6.45) is 6.15. The Morgan fingerprint density at radius 1 is 1.35 bits per heavy atom. The first-order chi connectivity index (χ1) is 8.18. The van der Waals surface area contributed by atoms with Crippen LogP contribution in [0.3, 0.4) is 0 Å². The van der Waals surface area contributed by atoms with E-state index in [1.165, 1.54) is 6.42 Å². The fraction of sp³-hybridized carbons (Fsp3) is 0.833. The van der Waals surface area contributed by atoms with Crippen LogP contribution in [0.25, 0.3) is 0 Å². The van der Waals surface area contributed by atoms with Crippen LogP contribution in [-0.4, -0.2) is 41.8 Å². The molecular formula is C12H20O4Si. The Morgan fingerprint density at radius 3 is 2.59 bits per heavy atom. The van der Waals surface area contributed by atoms with E-state index >= 15 is 0 Å². The maximum absolute atomic E-state index is 5.83. The minimum atomic E-state index is -2.40. The fourth-order valence-corrected chi connectivity index (χ4v) is 5.32. The number of fused-ring (bicyclic) bond motifs is 1. The largest absolute Gasteiger partial charge is 0.500 e. The molecule has 96 valence electrons. The summed E-state index contributed by atoms with van der Waals surface area (Å²) in [6, 6.07) is 0.881. The smallest absolute Gasteiger partial charge is 0.377 e. The maximum atomic E-state index is 5.83. The monoisotopic (exact) mass is 256 g/mol. The molecule has 2 aliphatic carbocycles. The third-order valence-electron chi connectivity index (χ3n) is 4.59. The topological polar surface area (TPSA) is 40.2 Å². The molecule has 1 saturated carbocycles. The van der Waals surface area contributed by atoms with Gasteiger partial charge in [-0.2, -0.15) is 0 Å². The molecule has 2 fully saturated rings. The molecule has 0 amide bonds. The van der Waals surface area contributed by atoms with E-state index in [0.29, 0.717) is 12.0 Å². The molecular weight excluding hydrogens is 236 g/mol. The Labute approximate surface area is 103 Å². The van der Waals surface area contributed by atoms with Crippen molar-refractivity contribution in [3.8, 4) is 0 Å². The van der Waals surface area contributed by atoms with Crippen LogP contribution in [0.1, 0.15) is 19.3 Å². The lowest BCUT2D eigenvalue weighted by molar-refractivity contribution is 0.119. The van der Waals surface area contributed by atoms with Crippen molar-refractivity contribution in [3.05, 3.63) is 11.6 Å². The molecule has 1 spiro atoms. The Hall–Kier alpha value is -0.203. The molecule has 2 bridgehead atoms. The lowest BCUT2D eigenvalue weighted by Gasteiger charge is -2.26. The molecule has 0 aromatic carbocycles. The van der Waals surface area contributed by atoms with E-state index in [1.54, 1.807) is 26.9 Å². The Bertz CT molecular complexity index is 344.